The number of aromatic amines is 2. The van der Waals surface area contributed by atoms with Crippen molar-refractivity contribution in [2.45, 2.75) is 12.5 Å². The zero-order chi connectivity index (χ0) is 18.6. The number of fused-ring (bicyclic) bond motifs is 1. The maximum atomic E-state index is 12.9. The highest BCUT2D eigenvalue weighted by molar-refractivity contribution is 6.09. The number of carbonyl (C=O) groups is 1. The summed E-state index contributed by atoms with van der Waals surface area (Å²) in [5.74, 6) is -0.132. The third-order valence-electron chi connectivity index (χ3n) is 4.71. The van der Waals surface area contributed by atoms with Crippen LogP contribution in [-0.2, 0) is 6.42 Å². The van der Waals surface area contributed by atoms with Gasteiger partial charge in [0.2, 0.25) is 0 Å². The van der Waals surface area contributed by atoms with Gasteiger partial charge in [0.1, 0.15) is 0 Å². The molecule has 0 aliphatic heterocycles. The summed E-state index contributed by atoms with van der Waals surface area (Å²) in [7, 11) is 0. The molecule has 0 spiro atoms. The summed E-state index contributed by atoms with van der Waals surface area (Å²) < 4.78 is 0. The number of rotatable bonds is 6. The number of carbonyl (C=O) groups excluding carboxylic acids is 1. The van der Waals surface area contributed by atoms with Crippen molar-refractivity contribution in [3.05, 3.63) is 78.2 Å². The van der Waals surface area contributed by atoms with Crippen LogP contribution in [0.2, 0.25) is 0 Å². The van der Waals surface area contributed by atoms with Crippen LogP contribution in [0.1, 0.15) is 15.9 Å². The van der Waals surface area contributed by atoms with Crippen LogP contribution in [0.25, 0.3) is 22.0 Å². The third-order valence-corrected chi connectivity index (χ3v) is 4.71. The van der Waals surface area contributed by atoms with Gasteiger partial charge in [-0.3, -0.25) is 9.89 Å². The first-order chi connectivity index (χ1) is 13.3. The molecule has 0 fully saturated rings. The average molecular weight is 359 g/mol. The zero-order valence-electron chi connectivity index (χ0n) is 14.8. The van der Waals surface area contributed by atoms with Gasteiger partial charge >= 0.3 is 0 Å². The SMILES string of the molecule is NCC(Cc1ccccc1)NC(=O)c1cccc2c(-c3cn[nH]c3)c[nH]c12. The molecule has 136 valence electrons. The normalized spacial score (nSPS) is 12.2. The standard InChI is InChI=1S/C21H21N5O/c22-10-16(9-14-5-2-1-3-6-14)26-21(27)18-8-4-7-17-19(13-23-20(17)18)15-11-24-25-12-15/h1-8,11-13,16,23H,9-10,22H2,(H,24,25)(H,26,27). The minimum atomic E-state index is -0.132. The molecule has 5 N–H and O–H groups in total. The zero-order valence-corrected chi connectivity index (χ0v) is 14.8. The fourth-order valence-electron chi connectivity index (χ4n) is 3.34. The lowest BCUT2D eigenvalue weighted by molar-refractivity contribution is 0.0939. The molecule has 0 aliphatic rings. The van der Waals surface area contributed by atoms with Gasteiger partial charge in [-0.1, -0.05) is 42.5 Å². The quantitative estimate of drug-likeness (QED) is 0.426. The van der Waals surface area contributed by atoms with E-state index in [9.17, 15) is 4.79 Å². The van der Waals surface area contributed by atoms with Crippen molar-refractivity contribution in [3.8, 4) is 11.1 Å². The highest BCUT2D eigenvalue weighted by Gasteiger charge is 2.17. The van der Waals surface area contributed by atoms with Crippen LogP contribution in [0.5, 0.6) is 0 Å². The number of amides is 1. The molecule has 1 amide bonds. The van der Waals surface area contributed by atoms with Crippen LogP contribution in [0, 0.1) is 0 Å². The summed E-state index contributed by atoms with van der Waals surface area (Å²) in [6.07, 6.45) is 6.19. The molecule has 2 heterocycles. The number of benzene rings is 2. The molecule has 27 heavy (non-hydrogen) atoms. The van der Waals surface area contributed by atoms with Gasteiger partial charge in [-0.2, -0.15) is 5.10 Å². The van der Waals surface area contributed by atoms with Crippen LogP contribution in [0.4, 0.5) is 0 Å². The lowest BCUT2D eigenvalue weighted by Crippen LogP contribution is -2.41. The lowest BCUT2D eigenvalue weighted by Gasteiger charge is -2.17. The smallest absolute Gasteiger partial charge is 0.253 e. The van der Waals surface area contributed by atoms with E-state index in [1.54, 1.807) is 6.20 Å². The lowest BCUT2D eigenvalue weighted by atomic mass is 10.0. The van der Waals surface area contributed by atoms with E-state index in [0.29, 0.717) is 18.5 Å². The van der Waals surface area contributed by atoms with Crippen molar-refractivity contribution >= 4 is 16.8 Å². The van der Waals surface area contributed by atoms with Crippen molar-refractivity contribution in [3.63, 3.8) is 0 Å². The molecule has 2 aromatic heterocycles. The van der Waals surface area contributed by atoms with Gasteiger partial charge in [0.25, 0.3) is 5.91 Å². The maximum absolute atomic E-state index is 12.9. The Labute approximate surface area is 156 Å². The molecule has 2 aromatic carbocycles. The minimum absolute atomic E-state index is 0.126. The monoisotopic (exact) mass is 359 g/mol. The van der Waals surface area contributed by atoms with E-state index in [0.717, 1.165) is 27.6 Å². The van der Waals surface area contributed by atoms with E-state index in [-0.39, 0.29) is 11.9 Å². The van der Waals surface area contributed by atoms with E-state index in [1.165, 1.54) is 0 Å². The first kappa shape index (κ1) is 17.1. The fourth-order valence-corrected chi connectivity index (χ4v) is 3.34. The summed E-state index contributed by atoms with van der Waals surface area (Å²) in [6, 6.07) is 15.6. The van der Waals surface area contributed by atoms with Crippen molar-refractivity contribution < 1.29 is 4.79 Å². The molecule has 1 unspecified atom stereocenters. The number of H-pyrrole nitrogens is 2. The highest BCUT2D eigenvalue weighted by Crippen LogP contribution is 2.29. The van der Waals surface area contributed by atoms with Crippen molar-refractivity contribution in [1.82, 2.24) is 20.5 Å². The van der Waals surface area contributed by atoms with Gasteiger partial charge in [0, 0.05) is 41.5 Å². The number of hydrogen-bond donors (Lipinski definition) is 4. The Bertz CT molecular complexity index is 1040. The second kappa shape index (κ2) is 7.47. The average Bonchev–Trinajstić information content (AvgIpc) is 3.37. The van der Waals surface area contributed by atoms with Gasteiger partial charge < -0.3 is 16.0 Å². The molecule has 1 atom stereocenters. The number of nitrogens with two attached hydrogens (primary N) is 1. The van der Waals surface area contributed by atoms with Gasteiger partial charge in [-0.15, -0.1) is 0 Å². The molecule has 6 nitrogen and oxygen atoms in total. The Balaban J connectivity index is 1.59. The second-order valence-electron chi connectivity index (χ2n) is 6.51. The Hall–Kier alpha value is -3.38. The van der Waals surface area contributed by atoms with Crippen LogP contribution in [0.15, 0.2) is 67.1 Å². The Morgan fingerprint density at radius 1 is 1.11 bits per heavy atom. The summed E-state index contributed by atoms with van der Waals surface area (Å²) in [4.78, 5) is 16.1. The van der Waals surface area contributed by atoms with E-state index >= 15 is 0 Å². The van der Waals surface area contributed by atoms with E-state index in [4.69, 9.17) is 5.73 Å². The van der Waals surface area contributed by atoms with Crippen molar-refractivity contribution in [2.75, 3.05) is 6.54 Å². The van der Waals surface area contributed by atoms with Crippen LogP contribution >= 0.6 is 0 Å². The molecule has 0 bridgehead atoms. The molecule has 4 aromatic rings. The van der Waals surface area contributed by atoms with Crippen LogP contribution in [0.3, 0.4) is 0 Å². The van der Waals surface area contributed by atoms with E-state index < -0.39 is 0 Å². The van der Waals surface area contributed by atoms with Crippen LogP contribution < -0.4 is 11.1 Å². The van der Waals surface area contributed by atoms with Gasteiger partial charge in [0.15, 0.2) is 0 Å². The number of nitrogens with one attached hydrogen (secondary N) is 3. The first-order valence-electron chi connectivity index (χ1n) is 8.90. The van der Waals surface area contributed by atoms with Crippen LogP contribution in [-0.4, -0.2) is 33.7 Å². The summed E-state index contributed by atoms with van der Waals surface area (Å²) in [6.45, 7) is 0.377. The number of hydrogen-bond acceptors (Lipinski definition) is 3. The molecule has 6 heteroatoms. The van der Waals surface area contributed by atoms with Gasteiger partial charge in [-0.05, 0) is 18.1 Å². The first-order valence-corrected chi connectivity index (χ1v) is 8.90. The number of para-hydroxylation sites is 1. The predicted molar refractivity (Wildman–Crippen MR) is 106 cm³/mol. The molecule has 0 saturated heterocycles. The Morgan fingerprint density at radius 2 is 1.96 bits per heavy atom. The molecule has 4 rings (SSSR count). The third kappa shape index (κ3) is 3.47. The number of aromatic nitrogens is 3. The molecule has 0 aliphatic carbocycles. The fraction of sp³-hybridized carbons (Fsp3) is 0.143. The van der Waals surface area contributed by atoms with E-state index in [1.807, 2.05) is 60.9 Å². The molecular weight excluding hydrogens is 338 g/mol. The maximum Gasteiger partial charge on any atom is 0.253 e. The minimum Gasteiger partial charge on any atom is -0.360 e. The Kier molecular flexibility index (Phi) is 4.72. The number of nitrogens with zero attached hydrogens (tertiary/aromatic N) is 1. The molecular formula is C21H21N5O. The van der Waals surface area contributed by atoms with Gasteiger partial charge in [-0.25, -0.2) is 0 Å². The second-order valence-corrected chi connectivity index (χ2v) is 6.51. The summed E-state index contributed by atoms with van der Waals surface area (Å²) in [5.41, 5.74) is 10.4. The Morgan fingerprint density at radius 3 is 2.70 bits per heavy atom. The van der Waals surface area contributed by atoms with Crippen molar-refractivity contribution in [2.24, 2.45) is 5.73 Å². The molecule has 0 radical (unpaired) electrons. The predicted octanol–water partition coefficient (Wildman–Crippen LogP) is 2.86. The van der Waals surface area contributed by atoms with Gasteiger partial charge in [0.05, 0.1) is 17.3 Å². The van der Waals surface area contributed by atoms with Crippen molar-refractivity contribution in [1.29, 1.82) is 0 Å². The summed E-state index contributed by atoms with van der Waals surface area (Å²) in [5, 5.41) is 10.9. The topological polar surface area (TPSA) is 99.6 Å². The summed E-state index contributed by atoms with van der Waals surface area (Å²) >= 11 is 0. The highest BCUT2D eigenvalue weighted by atomic mass is 16.1. The van der Waals surface area contributed by atoms with E-state index in [2.05, 4.69) is 20.5 Å². The largest absolute Gasteiger partial charge is 0.360 e. The molecule has 0 saturated carbocycles.